The van der Waals surface area contributed by atoms with Crippen molar-refractivity contribution in [3.63, 3.8) is 0 Å². The van der Waals surface area contributed by atoms with Gasteiger partial charge in [-0.3, -0.25) is 0 Å². The van der Waals surface area contributed by atoms with Gasteiger partial charge in [-0.2, -0.15) is 0 Å². The Morgan fingerprint density at radius 1 is 1.33 bits per heavy atom. The zero-order valence-electron chi connectivity index (χ0n) is 11.3. The summed E-state index contributed by atoms with van der Waals surface area (Å²) in [5, 5.41) is 8.81. The summed E-state index contributed by atoms with van der Waals surface area (Å²) in [6.45, 7) is 2.98. The molecule has 3 rings (SSSR count). The first-order valence-electron chi connectivity index (χ1n) is 7.42. The molecule has 2 fully saturated rings. The average Bonchev–Trinajstić information content (AvgIpc) is 3.00. The molecule has 100 valence electrons. The van der Waals surface area contributed by atoms with E-state index in [0.29, 0.717) is 12.6 Å². The van der Waals surface area contributed by atoms with Gasteiger partial charge in [0.25, 0.3) is 0 Å². The lowest BCUT2D eigenvalue weighted by molar-refractivity contribution is 0.204. The Balaban J connectivity index is 1.81. The molecule has 1 heterocycles. The van der Waals surface area contributed by atoms with Crippen molar-refractivity contribution in [3.05, 3.63) is 11.4 Å². The van der Waals surface area contributed by atoms with Crippen LogP contribution in [0.25, 0.3) is 0 Å². The lowest BCUT2D eigenvalue weighted by atomic mass is 9.80. The van der Waals surface area contributed by atoms with E-state index in [1.807, 2.05) is 0 Å². The van der Waals surface area contributed by atoms with Crippen molar-refractivity contribution >= 4 is 0 Å². The van der Waals surface area contributed by atoms with Crippen LogP contribution in [0.3, 0.4) is 0 Å². The molecule has 2 aliphatic carbocycles. The van der Waals surface area contributed by atoms with Crippen LogP contribution in [-0.2, 0) is 12.8 Å². The summed E-state index contributed by atoms with van der Waals surface area (Å²) in [5.74, 6) is 1.70. The molecule has 18 heavy (non-hydrogen) atoms. The van der Waals surface area contributed by atoms with Crippen LogP contribution in [0, 0.1) is 11.8 Å². The summed E-state index contributed by atoms with van der Waals surface area (Å²) in [7, 11) is 0. The van der Waals surface area contributed by atoms with E-state index in [9.17, 15) is 0 Å². The van der Waals surface area contributed by atoms with E-state index in [1.54, 1.807) is 0 Å². The quantitative estimate of drug-likeness (QED) is 0.838. The number of hydrogen-bond donors (Lipinski definition) is 1. The van der Waals surface area contributed by atoms with Crippen molar-refractivity contribution in [3.8, 4) is 0 Å². The topological polar surface area (TPSA) is 56.7 Å². The predicted octanol–water partition coefficient (Wildman–Crippen LogP) is 2.09. The molecular formula is C14H24N4. The van der Waals surface area contributed by atoms with Gasteiger partial charge in [0.1, 0.15) is 0 Å². The number of rotatable bonds is 6. The van der Waals surface area contributed by atoms with Crippen molar-refractivity contribution in [1.82, 2.24) is 15.0 Å². The molecule has 4 nitrogen and oxygen atoms in total. The molecule has 0 saturated heterocycles. The molecule has 2 aliphatic rings. The first-order chi connectivity index (χ1) is 8.79. The van der Waals surface area contributed by atoms with Gasteiger partial charge in [-0.25, -0.2) is 4.68 Å². The van der Waals surface area contributed by atoms with E-state index < -0.39 is 0 Å². The third-order valence-electron chi connectivity index (χ3n) is 4.65. The van der Waals surface area contributed by atoms with Crippen LogP contribution in [0.15, 0.2) is 0 Å². The van der Waals surface area contributed by atoms with Crippen LogP contribution in [0.1, 0.15) is 56.5 Å². The second kappa shape index (κ2) is 5.00. The zero-order chi connectivity index (χ0) is 12.5. The predicted molar refractivity (Wildman–Crippen MR) is 71.3 cm³/mol. The van der Waals surface area contributed by atoms with Gasteiger partial charge in [0.15, 0.2) is 0 Å². The normalized spacial score (nSPS) is 21.9. The van der Waals surface area contributed by atoms with E-state index in [0.717, 1.165) is 24.0 Å². The summed E-state index contributed by atoms with van der Waals surface area (Å²) in [6, 6.07) is 0.520. The van der Waals surface area contributed by atoms with Gasteiger partial charge >= 0.3 is 0 Å². The van der Waals surface area contributed by atoms with E-state index in [2.05, 4.69) is 21.9 Å². The number of aromatic nitrogens is 3. The number of hydrogen-bond acceptors (Lipinski definition) is 3. The molecule has 2 N–H and O–H groups in total. The number of nitrogens with zero attached hydrogens (tertiary/aromatic N) is 3. The van der Waals surface area contributed by atoms with Gasteiger partial charge in [-0.05, 0) is 57.4 Å². The zero-order valence-corrected chi connectivity index (χ0v) is 11.3. The third-order valence-corrected chi connectivity index (χ3v) is 4.65. The van der Waals surface area contributed by atoms with Crippen molar-refractivity contribution < 1.29 is 0 Å². The molecule has 1 aromatic rings. The van der Waals surface area contributed by atoms with E-state index >= 15 is 0 Å². The lowest BCUT2D eigenvalue weighted by Gasteiger charge is -2.32. The minimum atomic E-state index is 0.520. The monoisotopic (exact) mass is 248 g/mol. The first kappa shape index (κ1) is 12.2. The average molecular weight is 248 g/mol. The van der Waals surface area contributed by atoms with Crippen LogP contribution in [0.2, 0.25) is 0 Å². The highest BCUT2D eigenvalue weighted by atomic mass is 15.4. The van der Waals surface area contributed by atoms with Gasteiger partial charge in [-0.15, -0.1) is 5.10 Å². The molecular weight excluding hydrogens is 224 g/mol. The Morgan fingerprint density at radius 3 is 2.67 bits per heavy atom. The summed E-state index contributed by atoms with van der Waals surface area (Å²) in [4.78, 5) is 0. The standard InChI is InChI=1S/C14H24N4/c1-10(12-3-2-4-12)18-14(9-11-5-6-11)13(7-8-15)16-17-18/h10-12H,2-9,15H2,1H3. The molecule has 1 aromatic heterocycles. The van der Waals surface area contributed by atoms with Gasteiger partial charge in [-0.1, -0.05) is 11.6 Å². The fourth-order valence-corrected chi connectivity index (χ4v) is 2.93. The van der Waals surface area contributed by atoms with E-state index in [4.69, 9.17) is 5.73 Å². The first-order valence-corrected chi connectivity index (χ1v) is 7.42. The maximum atomic E-state index is 5.68. The molecule has 0 radical (unpaired) electrons. The Labute approximate surface area is 109 Å². The van der Waals surface area contributed by atoms with Gasteiger partial charge in [0, 0.05) is 6.42 Å². The SMILES string of the molecule is CC(C1CCC1)n1nnc(CCN)c1CC1CC1. The largest absolute Gasteiger partial charge is 0.330 e. The van der Waals surface area contributed by atoms with Crippen LogP contribution < -0.4 is 5.73 Å². The Hall–Kier alpha value is -0.900. The molecule has 0 amide bonds. The van der Waals surface area contributed by atoms with Crippen molar-refractivity contribution in [1.29, 1.82) is 0 Å². The Bertz CT molecular complexity index is 404. The van der Waals surface area contributed by atoms with E-state index in [-0.39, 0.29) is 0 Å². The fourth-order valence-electron chi connectivity index (χ4n) is 2.93. The maximum absolute atomic E-state index is 5.68. The van der Waals surface area contributed by atoms with Crippen LogP contribution in [0.4, 0.5) is 0 Å². The van der Waals surface area contributed by atoms with Gasteiger partial charge in [0.05, 0.1) is 17.4 Å². The van der Waals surface area contributed by atoms with Crippen molar-refractivity contribution in [2.24, 2.45) is 17.6 Å². The van der Waals surface area contributed by atoms with Crippen molar-refractivity contribution in [2.75, 3.05) is 6.54 Å². The molecule has 0 aliphatic heterocycles. The summed E-state index contributed by atoms with van der Waals surface area (Å²) >= 11 is 0. The van der Waals surface area contributed by atoms with Crippen molar-refractivity contribution in [2.45, 2.75) is 57.9 Å². The van der Waals surface area contributed by atoms with Gasteiger partial charge in [0.2, 0.25) is 0 Å². The molecule has 0 bridgehead atoms. The highest BCUT2D eigenvalue weighted by Crippen LogP contribution is 2.38. The third kappa shape index (κ3) is 2.30. The highest BCUT2D eigenvalue weighted by molar-refractivity contribution is 5.14. The Morgan fingerprint density at radius 2 is 2.11 bits per heavy atom. The molecule has 2 saturated carbocycles. The van der Waals surface area contributed by atoms with Crippen LogP contribution >= 0.6 is 0 Å². The van der Waals surface area contributed by atoms with Crippen LogP contribution in [0.5, 0.6) is 0 Å². The van der Waals surface area contributed by atoms with E-state index in [1.165, 1.54) is 44.2 Å². The Kier molecular flexibility index (Phi) is 3.37. The second-order valence-corrected chi connectivity index (χ2v) is 6.05. The van der Waals surface area contributed by atoms with Gasteiger partial charge < -0.3 is 5.73 Å². The fraction of sp³-hybridized carbons (Fsp3) is 0.857. The minimum absolute atomic E-state index is 0.520. The smallest absolute Gasteiger partial charge is 0.0871 e. The minimum Gasteiger partial charge on any atom is -0.330 e. The molecule has 1 atom stereocenters. The summed E-state index contributed by atoms with van der Waals surface area (Å²) in [6.07, 6.45) is 8.90. The molecule has 4 heteroatoms. The molecule has 0 aromatic carbocycles. The highest BCUT2D eigenvalue weighted by Gasteiger charge is 2.31. The summed E-state index contributed by atoms with van der Waals surface area (Å²) < 4.78 is 2.22. The molecule has 0 spiro atoms. The summed E-state index contributed by atoms with van der Waals surface area (Å²) in [5.41, 5.74) is 8.21. The van der Waals surface area contributed by atoms with Crippen LogP contribution in [-0.4, -0.2) is 21.5 Å². The lowest BCUT2D eigenvalue weighted by Crippen LogP contribution is -2.25. The molecule has 1 unspecified atom stereocenters. The number of nitrogens with two attached hydrogens (primary N) is 1. The second-order valence-electron chi connectivity index (χ2n) is 6.05. The maximum Gasteiger partial charge on any atom is 0.0871 e.